The molecular weight excluding hydrogens is 316 g/mol. The topological polar surface area (TPSA) is 44.4 Å². The van der Waals surface area contributed by atoms with Crippen LogP contribution in [0.3, 0.4) is 0 Å². The van der Waals surface area contributed by atoms with E-state index in [9.17, 15) is 9.18 Å². The number of hydrogen-bond acceptors (Lipinski definition) is 3. The molecule has 2 N–H and O–H groups in total. The molecule has 1 amide bonds. The summed E-state index contributed by atoms with van der Waals surface area (Å²) in [6.07, 6.45) is 0.354. The van der Waals surface area contributed by atoms with Crippen LogP contribution in [0.25, 0.3) is 0 Å². The lowest BCUT2D eigenvalue weighted by Crippen LogP contribution is -2.50. The van der Waals surface area contributed by atoms with Gasteiger partial charge in [0.2, 0.25) is 5.91 Å². The van der Waals surface area contributed by atoms with Crippen LogP contribution < -0.4 is 10.6 Å². The van der Waals surface area contributed by atoms with Gasteiger partial charge in [0, 0.05) is 43.7 Å². The van der Waals surface area contributed by atoms with Crippen molar-refractivity contribution in [2.24, 2.45) is 0 Å². The van der Waals surface area contributed by atoms with E-state index >= 15 is 0 Å². The number of hydrogen-bond donors (Lipinski definition) is 2. The van der Waals surface area contributed by atoms with Crippen LogP contribution >= 0.6 is 24.0 Å². The molecule has 1 aliphatic rings. The van der Waals surface area contributed by atoms with Gasteiger partial charge in [0.1, 0.15) is 5.82 Å². The molecule has 0 aromatic heterocycles. The van der Waals surface area contributed by atoms with Gasteiger partial charge in [0.25, 0.3) is 0 Å². The minimum absolute atomic E-state index is 0. The van der Waals surface area contributed by atoms with E-state index in [1.54, 1.807) is 6.07 Å². The number of anilines is 1. The number of carbonyl (C=O) groups is 1. The van der Waals surface area contributed by atoms with E-state index in [0.717, 1.165) is 19.6 Å². The van der Waals surface area contributed by atoms with Gasteiger partial charge in [-0.2, -0.15) is 0 Å². The van der Waals surface area contributed by atoms with E-state index in [0.29, 0.717) is 24.0 Å². The van der Waals surface area contributed by atoms with Crippen LogP contribution in [0.15, 0.2) is 18.2 Å². The summed E-state index contributed by atoms with van der Waals surface area (Å²) in [5.74, 6) is -0.696. The summed E-state index contributed by atoms with van der Waals surface area (Å²) < 4.78 is 13.5. The quantitative estimate of drug-likeness (QED) is 0.888. The normalized spacial score (nSPS) is 18.9. The van der Waals surface area contributed by atoms with E-state index in [4.69, 9.17) is 11.6 Å². The average Bonchev–Trinajstić information content (AvgIpc) is 2.41. The number of rotatable bonds is 4. The van der Waals surface area contributed by atoms with Crippen LogP contribution in [-0.2, 0) is 4.79 Å². The number of nitrogens with one attached hydrogen (secondary N) is 2. The van der Waals surface area contributed by atoms with Crippen LogP contribution in [-0.4, -0.2) is 43.0 Å². The Hall–Kier alpha value is -0.880. The number of benzene rings is 1. The van der Waals surface area contributed by atoms with Gasteiger partial charge in [-0.3, -0.25) is 9.69 Å². The molecular formula is C14H20Cl2FN3O. The Morgan fingerprint density at radius 1 is 1.57 bits per heavy atom. The molecule has 0 aliphatic carbocycles. The Balaban J connectivity index is 0.00000220. The van der Waals surface area contributed by atoms with Gasteiger partial charge in [0.05, 0.1) is 5.69 Å². The molecule has 1 saturated heterocycles. The zero-order valence-electron chi connectivity index (χ0n) is 11.9. The molecule has 0 bridgehead atoms. The van der Waals surface area contributed by atoms with Gasteiger partial charge in [0.15, 0.2) is 0 Å². The van der Waals surface area contributed by atoms with E-state index in [2.05, 4.69) is 22.5 Å². The zero-order valence-corrected chi connectivity index (χ0v) is 13.4. The maximum atomic E-state index is 13.5. The van der Waals surface area contributed by atoms with Crippen molar-refractivity contribution in [2.75, 3.05) is 31.5 Å². The number of piperazine rings is 1. The highest BCUT2D eigenvalue weighted by Gasteiger charge is 2.18. The minimum Gasteiger partial charge on any atom is -0.324 e. The van der Waals surface area contributed by atoms with Crippen molar-refractivity contribution < 1.29 is 9.18 Å². The highest BCUT2D eigenvalue weighted by molar-refractivity contribution is 6.30. The molecule has 0 unspecified atom stereocenters. The molecule has 7 heteroatoms. The third kappa shape index (κ3) is 5.43. The molecule has 0 saturated carbocycles. The summed E-state index contributed by atoms with van der Waals surface area (Å²) >= 11 is 5.67. The lowest BCUT2D eigenvalue weighted by atomic mass is 10.2. The van der Waals surface area contributed by atoms with Gasteiger partial charge in [-0.15, -0.1) is 12.4 Å². The number of nitrogens with zero attached hydrogens (tertiary/aromatic N) is 1. The fourth-order valence-corrected chi connectivity index (χ4v) is 2.42. The number of amides is 1. The summed E-state index contributed by atoms with van der Waals surface area (Å²) in [6, 6.07) is 4.64. The summed E-state index contributed by atoms with van der Waals surface area (Å²) in [7, 11) is 0. The van der Waals surface area contributed by atoms with Gasteiger partial charge >= 0.3 is 0 Å². The molecule has 4 nitrogen and oxygen atoms in total. The second-order valence-electron chi connectivity index (χ2n) is 5.01. The van der Waals surface area contributed by atoms with Crippen LogP contribution in [0.4, 0.5) is 10.1 Å². The predicted molar refractivity (Wildman–Crippen MR) is 85.8 cm³/mol. The number of halogens is 3. The Bertz CT molecular complexity index is 487. The molecule has 2 rings (SSSR count). The highest BCUT2D eigenvalue weighted by atomic mass is 35.5. The Labute approximate surface area is 135 Å². The first-order valence-electron chi connectivity index (χ1n) is 6.76. The second kappa shape index (κ2) is 8.54. The Kier molecular flexibility index (Phi) is 7.39. The van der Waals surface area contributed by atoms with Gasteiger partial charge in [-0.05, 0) is 25.1 Å². The van der Waals surface area contributed by atoms with Gasteiger partial charge in [-0.25, -0.2) is 4.39 Å². The lowest BCUT2D eigenvalue weighted by molar-refractivity contribution is -0.116. The van der Waals surface area contributed by atoms with Crippen molar-refractivity contribution in [3.05, 3.63) is 29.0 Å². The van der Waals surface area contributed by atoms with Crippen molar-refractivity contribution >= 4 is 35.6 Å². The molecule has 1 aliphatic heterocycles. The van der Waals surface area contributed by atoms with Crippen molar-refractivity contribution in [1.82, 2.24) is 10.2 Å². The fourth-order valence-electron chi connectivity index (χ4n) is 2.26. The first-order valence-corrected chi connectivity index (χ1v) is 7.14. The third-order valence-corrected chi connectivity index (χ3v) is 3.71. The van der Waals surface area contributed by atoms with Crippen molar-refractivity contribution in [3.63, 3.8) is 0 Å². The SMILES string of the molecule is C[C@H]1CNCCN1CCC(=O)Nc1ccc(Cl)cc1F.Cl. The van der Waals surface area contributed by atoms with Gasteiger partial charge < -0.3 is 10.6 Å². The monoisotopic (exact) mass is 335 g/mol. The number of carbonyl (C=O) groups excluding carboxylic acids is 1. The largest absolute Gasteiger partial charge is 0.324 e. The van der Waals surface area contributed by atoms with Crippen LogP contribution in [0.1, 0.15) is 13.3 Å². The maximum absolute atomic E-state index is 13.5. The van der Waals surface area contributed by atoms with E-state index < -0.39 is 5.82 Å². The van der Waals surface area contributed by atoms with Gasteiger partial charge in [-0.1, -0.05) is 11.6 Å². The van der Waals surface area contributed by atoms with E-state index in [1.165, 1.54) is 12.1 Å². The molecule has 1 atom stereocenters. The van der Waals surface area contributed by atoms with Crippen molar-refractivity contribution in [2.45, 2.75) is 19.4 Å². The first-order chi connectivity index (χ1) is 9.56. The summed E-state index contributed by atoms with van der Waals surface area (Å²) in [4.78, 5) is 14.1. The van der Waals surface area contributed by atoms with E-state index in [-0.39, 0.29) is 24.0 Å². The zero-order chi connectivity index (χ0) is 14.5. The van der Waals surface area contributed by atoms with Crippen LogP contribution in [0.2, 0.25) is 5.02 Å². The highest BCUT2D eigenvalue weighted by Crippen LogP contribution is 2.19. The lowest BCUT2D eigenvalue weighted by Gasteiger charge is -2.33. The molecule has 1 heterocycles. The van der Waals surface area contributed by atoms with E-state index in [1.807, 2.05) is 0 Å². The smallest absolute Gasteiger partial charge is 0.225 e. The standard InChI is InChI=1S/C14H19ClFN3O.ClH/c1-10-9-17-5-7-19(10)6-4-14(20)18-13-3-2-11(15)8-12(13)16;/h2-3,8,10,17H,4-7,9H2,1H3,(H,18,20);1H/t10-;/m0./s1. The molecule has 1 fully saturated rings. The summed E-state index contributed by atoms with van der Waals surface area (Å²) in [5.41, 5.74) is 0.174. The molecule has 0 radical (unpaired) electrons. The van der Waals surface area contributed by atoms with Crippen molar-refractivity contribution in [1.29, 1.82) is 0 Å². The predicted octanol–water partition coefficient (Wildman–Crippen LogP) is 2.52. The molecule has 1 aromatic carbocycles. The molecule has 1 aromatic rings. The van der Waals surface area contributed by atoms with Crippen LogP contribution in [0.5, 0.6) is 0 Å². The summed E-state index contributed by atoms with van der Waals surface area (Å²) in [5, 5.41) is 6.19. The molecule has 118 valence electrons. The second-order valence-corrected chi connectivity index (χ2v) is 5.45. The Morgan fingerprint density at radius 2 is 2.33 bits per heavy atom. The minimum atomic E-state index is -0.513. The van der Waals surface area contributed by atoms with Crippen LogP contribution in [0, 0.1) is 5.82 Å². The average molecular weight is 336 g/mol. The maximum Gasteiger partial charge on any atom is 0.225 e. The Morgan fingerprint density at radius 3 is 3.00 bits per heavy atom. The fraction of sp³-hybridized carbons (Fsp3) is 0.500. The summed E-state index contributed by atoms with van der Waals surface area (Å²) in [6.45, 7) is 5.63. The third-order valence-electron chi connectivity index (χ3n) is 3.47. The first kappa shape index (κ1) is 18.2. The van der Waals surface area contributed by atoms with Crippen molar-refractivity contribution in [3.8, 4) is 0 Å². The molecule has 0 spiro atoms. The molecule has 21 heavy (non-hydrogen) atoms.